The Morgan fingerprint density at radius 3 is 0.735 bits per heavy atom. The molecule has 0 saturated carbocycles. The Morgan fingerprint density at radius 2 is 0.470 bits per heavy atom. The largest absolute Gasteiger partial charge is 0.462 e. The van der Waals surface area contributed by atoms with Crippen molar-refractivity contribution in [2.24, 2.45) is 0 Å². The normalized spacial score (nSPS) is 12.8. The van der Waals surface area contributed by atoms with Gasteiger partial charge in [0, 0.05) is 19.3 Å². The van der Waals surface area contributed by atoms with Gasteiger partial charge in [-0.2, -0.15) is 0 Å². The average Bonchev–Trinajstić information content (AvgIpc) is 3.48. The maximum atomic E-state index is 12.9. The molecule has 0 radical (unpaired) electrons. The zero-order valence-electron chi connectivity index (χ0n) is 54.7. The predicted molar refractivity (Wildman–Crippen MR) is 362 cm³/mol. The fourth-order valence-corrected chi connectivity index (χ4v) is 9.99. The highest BCUT2D eigenvalue weighted by Crippen LogP contribution is 2.17. The third-order valence-electron chi connectivity index (χ3n) is 15.3. The summed E-state index contributed by atoms with van der Waals surface area (Å²) in [6.45, 7) is 6.54. The highest BCUT2D eigenvalue weighted by atomic mass is 16.6. The van der Waals surface area contributed by atoms with E-state index in [1.54, 1.807) is 0 Å². The zero-order valence-corrected chi connectivity index (χ0v) is 54.7. The van der Waals surface area contributed by atoms with Gasteiger partial charge < -0.3 is 14.2 Å². The summed E-state index contributed by atoms with van der Waals surface area (Å²) in [5.74, 6) is -0.871. The smallest absolute Gasteiger partial charge is 0.306 e. The minimum Gasteiger partial charge on any atom is -0.462 e. The zero-order chi connectivity index (χ0) is 59.9. The molecule has 6 nitrogen and oxygen atoms in total. The van der Waals surface area contributed by atoms with Crippen LogP contribution in [-0.2, 0) is 28.6 Å². The molecule has 1 unspecified atom stereocenters. The lowest BCUT2D eigenvalue weighted by molar-refractivity contribution is -0.167. The van der Waals surface area contributed by atoms with Gasteiger partial charge in [-0.25, -0.2) is 0 Å². The standard InChI is InChI=1S/C77H132O6/c1-4-7-10-13-16-19-22-24-26-28-30-32-33-34-35-36-37-38-39-40-41-42-43-45-46-48-50-52-55-58-61-64-67-70-76(79)82-73-74(72-81-75(78)69-66-63-60-57-54-21-18-15-12-9-6-3)83-77(80)71-68-65-62-59-56-53-51-49-47-44-31-29-27-25-23-20-17-14-11-8-5-2/h7,10,16,19,23-26,29-32,34-35,37-38,40-41,74H,4-6,8-9,11-15,17-18,20-22,27-28,33,36,39,42-73H2,1-3H3/b10-7-,19-16-,25-23-,26-24-,31-29-,32-30-,35-34-,38-37-,41-40-. The Labute approximate surface area is 514 Å². The summed E-state index contributed by atoms with van der Waals surface area (Å²) in [6, 6.07) is 0. The highest BCUT2D eigenvalue weighted by molar-refractivity contribution is 5.71. The van der Waals surface area contributed by atoms with Crippen molar-refractivity contribution < 1.29 is 28.6 Å². The van der Waals surface area contributed by atoms with E-state index in [-0.39, 0.29) is 31.1 Å². The van der Waals surface area contributed by atoms with E-state index in [9.17, 15) is 14.4 Å². The Bertz CT molecular complexity index is 1660. The molecule has 0 aromatic heterocycles. The van der Waals surface area contributed by atoms with Crippen molar-refractivity contribution in [3.8, 4) is 0 Å². The molecule has 0 N–H and O–H groups in total. The molecule has 0 rings (SSSR count). The van der Waals surface area contributed by atoms with E-state index in [4.69, 9.17) is 14.2 Å². The molecule has 0 saturated heterocycles. The number of rotatable bonds is 64. The van der Waals surface area contributed by atoms with E-state index in [2.05, 4.69) is 130 Å². The summed E-state index contributed by atoms with van der Waals surface area (Å²) in [7, 11) is 0. The molecule has 476 valence electrons. The third-order valence-corrected chi connectivity index (χ3v) is 15.3. The lowest BCUT2D eigenvalue weighted by atomic mass is 10.0. The van der Waals surface area contributed by atoms with Crippen LogP contribution in [0.2, 0.25) is 0 Å². The van der Waals surface area contributed by atoms with Gasteiger partial charge in [0.25, 0.3) is 0 Å². The second-order valence-corrected chi connectivity index (χ2v) is 23.4. The summed E-state index contributed by atoms with van der Waals surface area (Å²) in [6.07, 6.45) is 96.8. The summed E-state index contributed by atoms with van der Waals surface area (Å²) >= 11 is 0. The van der Waals surface area contributed by atoms with Gasteiger partial charge in [-0.3, -0.25) is 14.4 Å². The highest BCUT2D eigenvalue weighted by Gasteiger charge is 2.19. The Hall–Kier alpha value is -3.93. The van der Waals surface area contributed by atoms with E-state index in [1.807, 2.05) is 0 Å². The molecule has 0 aromatic rings. The molecule has 0 heterocycles. The number of carbonyl (C=O) groups is 3. The van der Waals surface area contributed by atoms with Crippen molar-refractivity contribution in [3.63, 3.8) is 0 Å². The predicted octanol–water partition coefficient (Wildman–Crippen LogP) is 24.6. The Balaban J connectivity index is 4.22. The third kappa shape index (κ3) is 68.7. The number of carbonyl (C=O) groups excluding carboxylic acids is 3. The lowest BCUT2D eigenvalue weighted by Crippen LogP contribution is -2.30. The van der Waals surface area contributed by atoms with Crippen LogP contribution in [0.15, 0.2) is 109 Å². The topological polar surface area (TPSA) is 78.9 Å². The van der Waals surface area contributed by atoms with Crippen LogP contribution in [0.25, 0.3) is 0 Å². The van der Waals surface area contributed by atoms with Gasteiger partial charge in [-0.1, -0.05) is 323 Å². The first-order valence-corrected chi connectivity index (χ1v) is 35.4. The van der Waals surface area contributed by atoms with Crippen LogP contribution in [0.1, 0.15) is 342 Å². The van der Waals surface area contributed by atoms with Crippen molar-refractivity contribution in [1.29, 1.82) is 0 Å². The van der Waals surface area contributed by atoms with Crippen LogP contribution in [-0.4, -0.2) is 37.2 Å². The number of hydrogen-bond acceptors (Lipinski definition) is 6. The van der Waals surface area contributed by atoms with Gasteiger partial charge in [-0.15, -0.1) is 0 Å². The first-order chi connectivity index (χ1) is 41.0. The molecule has 1 atom stereocenters. The molecule has 0 aromatic carbocycles. The molecule has 83 heavy (non-hydrogen) atoms. The maximum Gasteiger partial charge on any atom is 0.306 e. The summed E-state index contributed by atoms with van der Waals surface area (Å²) < 4.78 is 17.0. The van der Waals surface area contributed by atoms with Gasteiger partial charge in [-0.05, 0) is 109 Å². The van der Waals surface area contributed by atoms with Crippen LogP contribution >= 0.6 is 0 Å². The van der Waals surface area contributed by atoms with Gasteiger partial charge in [0.1, 0.15) is 13.2 Å². The molecule has 0 aliphatic carbocycles. The van der Waals surface area contributed by atoms with Crippen LogP contribution < -0.4 is 0 Å². The Kier molecular flexibility index (Phi) is 67.2. The second-order valence-electron chi connectivity index (χ2n) is 23.4. The first kappa shape index (κ1) is 79.1. The van der Waals surface area contributed by atoms with Crippen molar-refractivity contribution in [3.05, 3.63) is 109 Å². The number of ether oxygens (including phenoxy) is 3. The van der Waals surface area contributed by atoms with Crippen molar-refractivity contribution in [1.82, 2.24) is 0 Å². The van der Waals surface area contributed by atoms with Crippen molar-refractivity contribution >= 4 is 17.9 Å². The molecule has 0 aliphatic rings. The quantitative estimate of drug-likeness (QED) is 0.0261. The summed E-state index contributed by atoms with van der Waals surface area (Å²) in [4.78, 5) is 38.4. The molecule has 0 bridgehead atoms. The van der Waals surface area contributed by atoms with Crippen LogP contribution in [0.5, 0.6) is 0 Å². The number of hydrogen-bond donors (Lipinski definition) is 0. The summed E-state index contributed by atoms with van der Waals surface area (Å²) in [5.41, 5.74) is 0. The molecule has 0 amide bonds. The van der Waals surface area contributed by atoms with E-state index >= 15 is 0 Å². The Morgan fingerprint density at radius 1 is 0.253 bits per heavy atom. The van der Waals surface area contributed by atoms with E-state index in [0.29, 0.717) is 19.3 Å². The minimum atomic E-state index is -0.781. The molecule has 6 heteroatoms. The molecular formula is C77H132O6. The molecule has 0 spiro atoms. The minimum absolute atomic E-state index is 0.0769. The molecule has 0 aliphatic heterocycles. The van der Waals surface area contributed by atoms with Gasteiger partial charge in [0.15, 0.2) is 6.10 Å². The number of allylic oxidation sites excluding steroid dienone is 18. The SMILES string of the molecule is CC/C=C\C/C=C\C/C=C\C/C=C\C/C=C\C/C=C\C/C=C\CCCCCCCCCCCCCC(=O)OCC(COC(=O)CCCCCCCCCCCCC)OC(=O)CCCCCCCCCCC/C=C\C/C=C\CCCCCCC. The fraction of sp³-hybridized carbons (Fsp3) is 0.727. The lowest BCUT2D eigenvalue weighted by Gasteiger charge is -2.18. The van der Waals surface area contributed by atoms with Crippen LogP contribution in [0.3, 0.4) is 0 Å². The molecule has 0 fully saturated rings. The fourth-order valence-electron chi connectivity index (χ4n) is 9.99. The monoisotopic (exact) mass is 1150 g/mol. The summed E-state index contributed by atoms with van der Waals surface area (Å²) in [5, 5.41) is 0. The van der Waals surface area contributed by atoms with Crippen LogP contribution in [0, 0.1) is 0 Å². The number of unbranched alkanes of at least 4 members (excludes halogenated alkanes) is 35. The average molecular weight is 1150 g/mol. The van der Waals surface area contributed by atoms with Gasteiger partial charge >= 0.3 is 17.9 Å². The molecular weight excluding hydrogens is 1020 g/mol. The van der Waals surface area contributed by atoms with E-state index in [0.717, 1.165) is 109 Å². The van der Waals surface area contributed by atoms with E-state index < -0.39 is 6.10 Å². The maximum absolute atomic E-state index is 12.9. The first-order valence-electron chi connectivity index (χ1n) is 35.4. The number of esters is 3. The second kappa shape index (κ2) is 70.6. The van der Waals surface area contributed by atoms with E-state index in [1.165, 1.54) is 193 Å². The van der Waals surface area contributed by atoms with Crippen molar-refractivity contribution in [2.45, 2.75) is 348 Å². The van der Waals surface area contributed by atoms with Gasteiger partial charge in [0.2, 0.25) is 0 Å². The van der Waals surface area contributed by atoms with Crippen LogP contribution in [0.4, 0.5) is 0 Å². The van der Waals surface area contributed by atoms with Gasteiger partial charge in [0.05, 0.1) is 0 Å². The van der Waals surface area contributed by atoms with Crippen molar-refractivity contribution in [2.75, 3.05) is 13.2 Å².